The van der Waals surface area contributed by atoms with Crippen LogP contribution in [0.15, 0.2) is 11.3 Å². The number of nitrogens with zero attached hydrogens (tertiary/aromatic N) is 2. The van der Waals surface area contributed by atoms with Crippen LogP contribution in [0.4, 0.5) is 4.79 Å². The van der Waals surface area contributed by atoms with E-state index >= 15 is 0 Å². The van der Waals surface area contributed by atoms with Gasteiger partial charge in [-0.05, 0) is 20.8 Å². The van der Waals surface area contributed by atoms with Crippen LogP contribution >= 0.6 is 11.8 Å². The van der Waals surface area contributed by atoms with Crippen molar-refractivity contribution in [3.05, 3.63) is 11.3 Å². The second-order valence-corrected chi connectivity index (χ2v) is 8.67. The molecule has 2 heterocycles. The van der Waals surface area contributed by atoms with Gasteiger partial charge in [0.1, 0.15) is 23.7 Å². The van der Waals surface area contributed by atoms with Crippen LogP contribution in [0.3, 0.4) is 0 Å². The molecule has 0 saturated carbocycles. The topological polar surface area (TPSA) is 128 Å². The molecule has 2 atom stereocenters. The molecule has 0 aromatic carbocycles. The number of β-lactam (4-membered cyclic amide) rings is 1. The molecule has 2 aliphatic heterocycles. The monoisotopic (exact) mass is 415 g/mol. The Kier molecular flexibility index (Phi) is 6.60. The number of rotatable bonds is 5. The number of thioether (sulfide) groups is 1. The van der Waals surface area contributed by atoms with Crippen molar-refractivity contribution in [2.24, 2.45) is 11.1 Å². The molecule has 11 heteroatoms. The van der Waals surface area contributed by atoms with E-state index in [4.69, 9.17) is 19.9 Å². The first-order valence-corrected chi connectivity index (χ1v) is 9.60. The number of hydrogen-bond acceptors (Lipinski definition) is 9. The SMILES string of the molecule is CN(C)C(=O)OCC1=C(C(=O)OCOC(=O)C(C)(C)C)N2C(=O)C(N)[C@H]2SC1. The first-order valence-electron chi connectivity index (χ1n) is 8.56. The molecule has 0 aromatic rings. The summed E-state index contributed by atoms with van der Waals surface area (Å²) < 4.78 is 15.1. The molecule has 2 N–H and O–H groups in total. The minimum atomic E-state index is -0.844. The predicted octanol–water partition coefficient (Wildman–Crippen LogP) is 0.271. The van der Waals surface area contributed by atoms with Gasteiger partial charge in [-0.25, -0.2) is 9.59 Å². The van der Waals surface area contributed by atoms with Crippen LogP contribution in [-0.2, 0) is 28.6 Å². The van der Waals surface area contributed by atoms with Crippen LogP contribution in [0.25, 0.3) is 0 Å². The number of ether oxygens (including phenoxy) is 3. The molecule has 10 nitrogen and oxygen atoms in total. The lowest BCUT2D eigenvalue weighted by atomic mass is 9.98. The Morgan fingerprint density at radius 2 is 1.86 bits per heavy atom. The molecule has 0 aliphatic carbocycles. The highest BCUT2D eigenvalue weighted by molar-refractivity contribution is 8.00. The molecule has 1 fully saturated rings. The first-order chi connectivity index (χ1) is 12.9. The van der Waals surface area contributed by atoms with Crippen molar-refractivity contribution in [1.82, 2.24) is 9.80 Å². The molecular weight excluding hydrogens is 390 g/mol. The molecule has 2 aliphatic rings. The Balaban J connectivity index is 2.12. The van der Waals surface area contributed by atoms with Crippen LogP contribution < -0.4 is 5.73 Å². The van der Waals surface area contributed by atoms with E-state index in [1.807, 2.05) is 0 Å². The summed E-state index contributed by atoms with van der Waals surface area (Å²) in [5.41, 5.74) is 5.44. The lowest BCUT2D eigenvalue weighted by Crippen LogP contribution is -2.68. The molecule has 156 valence electrons. The second kappa shape index (κ2) is 8.39. The van der Waals surface area contributed by atoms with Gasteiger partial charge < -0.3 is 24.8 Å². The van der Waals surface area contributed by atoms with E-state index < -0.39 is 42.2 Å². The van der Waals surface area contributed by atoms with Gasteiger partial charge in [0.25, 0.3) is 0 Å². The quantitative estimate of drug-likeness (QED) is 0.382. The lowest BCUT2D eigenvalue weighted by molar-refractivity contribution is -0.173. The highest BCUT2D eigenvalue weighted by Gasteiger charge is 2.52. The third kappa shape index (κ3) is 4.58. The van der Waals surface area contributed by atoms with E-state index in [1.54, 1.807) is 20.8 Å². The van der Waals surface area contributed by atoms with E-state index in [-0.39, 0.29) is 17.7 Å². The maximum atomic E-state index is 12.6. The van der Waals surface area contributed by atoms with E-state index in [2.05, 4.69) is 0 Å². The Bertz CT molecular complexity index is 714. The van der Waals surface area contributed by atoms with Crippen LogP contribution in [0.2, 0.25) is 0 Å². The number of nitrogens with two attached hydrogens (primary N) is 1. The van der Waals surface area contributed by atoms with Crippen molar-refractivity contribution in [3.63, 3.8) is 0 Å². The molecular formula is C17H25N3O7S. The third-order valence-electron chi connectivity index (χ3n) is 4.01. The first kappa shape index (κ1) is 22.0. The van der Waals surface area contributed by atoms with E-state index in [0.29, 0.717) is 11.3 Å². The van der Waals surface area contributed by atoms with Crippen LogP contribution in [0.5, 0.6) is 0 Å². The molecule has 28 heavy (non-hydrogen) atoms. The molecule has 2 amide bonds. The molecule has 0 spiro atoms. The minimum Gasteiger partial charge on any atom is -0.445 e. The summed E-state index contributed by atoms with van der Waals surface area (Å²) in [4.78, 5) is 50.7. The summed E-state index contributed by atoms with van der Waals surface area (Å²) in [7, 11) is 3.05. The minimum absolute atomic E-state index is 0.0196. The Morgan fingerprint density at radius 3 is 2.43 bits per heavy atom. The molecule has 1 saturated heterocycles. The maximum absolute atomic E-state index is 12.6. The molecule has 2 rings (SSSR count). The summed E-state index contributed by atoms with van der Waals surface area (Å²) in [6.45, 7) is 4.23. The van der Waals surface area contributed by atoms with E-state index in [1.165, 1.54) is 35.7 Å². The van der Waals surface area contributed by atoms with E-state index in [9.17, 15) is 19.2 Å². The highest BCUT2D eigenvalue weighted by Crippen LogP contribution is 2.39. The number of carbonyl (C=O) groups excluding carboxylic acids is 4. The average molecular weight is 415 g/mol. The van der Waals surface area contributed by atoms with Gasteiger partial charge in [0.2, 0.25) is 12.7 Å². The predicted molar refractivity (Wildman–Crippen MR) is 99.6 cm³/mol. The molecule has 0 bridgehead atoms. The van der Waals surface area contributed by atoms with Gasteiger partial charge in [-0.1, -0.05) is 0 Å². The fourth-order valence-corrected chi connectivity index (χ4v) is 3.65. The normalized spacial score (nSPS) is 21.5. The smallest absolute Gasteiger partial charge is 0.409 e. The van der Waals surface area contributed by atoms with Gasteiger partial charge in [-0.15, -0.1) is 11.8 Å². The van der Waals surface area contributed by atoms with Crippen molar-refractivity contribution in [2.75, 3.05) is 33.2 Å². The Labute approximate surface area is 167 Å². The summed E-state index contributed by atoms with van der Waals surface area (Å²) in [6.07, 6.45) is -0.585. The fourth-order valence-electron chi connectivity index (χ4n) is 2.38. The van der Waals surface area contributed by atoms with Crippen molar-refractivity contribution >= 4 is 35.7 Å². The highest BCUT2D eigenvalue weighted by atomic mass is 32.2. The van der Waals surface area contributed by atoms with Crippen molar-refractivity contribution < 1.29 is 33.4 Å². The summed E-state index contributed by atoms with van der Waals surface area (Å²) in [5, 5.41) is -0.388. The lowest BCUT2D eigenvalue weighted by Gasteiger charge is -2.48. The molecule has 1 unspecified atom stereocenters. The largest absolute Gasteiger partial charge is 0.445 e. The molecule has 0 radical (unpaired) electrons. The van der Waals surface area contributed by atoms with Crippen LogP contribution in [-0.4, -0.2) is 78.4 Å². The van der Waals surface area contributed by atoms with Gasteiger partial charge in [0, 0.05) is 25.4 Å². The Morgan fingerprint density at radius 1 is 1.21 bits per heavy atom. The van der Waals surface area contributed by atoms with Gasteiger partial charge in [0.05, 0.1) is 5.41 Å². The van der Waals surface area contributed by atoms with Crippen molar-refractivity contribution in [2.45, 2.75) is 32.2 Å². The zero-order valence-corrected chi connectivity index (χ0v) is 17.3. The zero-order valence-electron chi connectivity index (χ0n) is 16.5. The number of esters is 2. The maximum Gasteiger partial charge on any atom is 0.409 e. The average Bonchev–Trinajstić information content (AvgIpc) is 2.63. The number of amides is 2. The van der Waals surface area contributed by atoms with Crippen LogP contribution in [0, 0.1) is 5.41 Å². The summed E-state index contributed by atoms with van der Waals surface area (Å²) in [6, 6.07) is -0.711. The fraction of sp³-hybridized carbons (Fsp3) is 0.647. The van der Waals surface area contributed by atoms with Gasteiger partial charge in [-0.3, -0.25) is 14.5 Å². The second-order valence-electron chi connectivity index (χ2n) is 7.57. The standard InChI is InChI=1S/C17H25N3O7S/c1-17(2,3)15(23)27-8-26-14(22)11-9(6-25-16(24)19(4)5)7-28-13-10(18)12(21)20(11)13/h10,13H,6-8,18H2,1-5H3/t10?,13-/m1/s1. The number of hydrogen-bond donors (Lipinski definition) is 1. The Hall–Kier alpha value is -2.27. The third-order valence-corrected chi connectivity index (χ3v) is 5.37. The number of fused-ring (bicyclic) bond motifs is 1. The van der Waals surface area contributed by atoms with Crippen molar-refractivity contribution in [3.8, 4) is 0 Å². The van der Waals surface area contributed by atoms with Gasteiger partial charge >= 0.3 is 18.0 Å². The van der Waals surface area contributed by atoms with E-state index in [0.717, 1.165) is 0 Å². The number of carbonyl (C=O) groups is 4. The molecule has 0 aromatic heterocycles. The van der Waals surface area contributed by atoms with Crippen LogP contribution in [0.1, 0.15) is 20.8 Å². The summed E-state index contributed by atoms with van der Waals surface area (Å²) in [5.74, 6) is -1.46. The zero-order chi connectivity index (χ0) is 21.2. The summed E-state index contributed by atoms with van der Waals surface area (Å²) >= 11 is 1.37. The van der Waals surface area contributed by atoms with Gasteiger partial charge in [-0.2, -0.15) is 0 Å². The van der Waals surface area contributed by atoms with Gasteiger partial charge in [0.15, 0.2) is 0 Å². The van der Waals surface area contributed by atoms with Crippen molar-refractivity contribution in [1.29, 1.82) is 0 Å².